The molecule has 242 valence electrons. The van der Waals surface area contributed by atoms with Crippen LogP contribution >= 0.6 is 14.8 Å². The number of hydrogen-bond donors (Lipinski definition) is 0. The number of ether oxygens (including phenoxy) is 3. The second kappa shape index (κ2) is 13.3. The highest BCUT2D eigenvalue weighted by atomic mass is 31.2. The Bertz CT molecular complexity index is 1020. The first-order valence-corrected chi connectivity index (χ1v) is 19.8. The molecule has 41 heavy (non-hydrogen) atoms. The fourth-order valence-electron chi connectivity index (χ4n) is 6.28. The molecule has 0 aromatic heterocycles. The van der Waals surface area contributed by atoms with Crippen LogP contribution in [0.25, 0.3) is 0 Å². The van der Waals surface area contributed by atoms with Gasteiger partial charge in [-0.2, -0.15) is 0 Å². The minimum absolute atomic E-state index is 0.0112. The predicted octanol–water partition coefficient (Wildman–Crippen LogP) is 8.01. The zero-order valence-electron chi connectivity index (χ0n) is 29.1. The summed E-state index contributed by atoms with van der Waals surface area (Å²) in [5.41, 5.74) is -1.31. The Labute approximate surface area is 253 Å². The Morgan fingerprint density at radius 2 is 1.66 bits per heavy atom. The lowest BCUT2D eigenvalue weighted by atomic mass is 9.87. The predicted molar refractivity (Wildman–Crippen MR) is 171 cm³/mol. The third-order valence-electron chi connectivity index (χ3n) is 8.57. The summed E-state index contributed by atoms with van der Waals surface area (Å²) in [5.74, 6) is 0.231. The smallest absolute Gasteiger partial charge is 0.209 e. The van der Waals surface area contributed by atoms with Crippen LogP contribution in [0.5, 0.6) is 0 Å². The van der Waals surface area contributed by atoms with Crippen LogP contribution in [-0.2, 0) is 32.3 Å². The highest BCUT2D eigenvalue weighted by Gasteiger charge is 2.52. The first-order chi connectivity index (χ1) is 19.1. The lowest BCUT2D eigenvalue weighted by Gasteiger charge is -2.37. The summed E-state index contributed by atoms with van der Waals surface area (Å²) < 4.78 is 58.9. The second-order valence-electron chi connectivity index (χ2n) is 14.6. The summed E-state index contributed by atoms with van der Waals surface area (Å²) in [6.07, 6.45) is 5.49. The highest BCUT2D eigenvalue weighted by Crippen LogP contribution is 2.56. The molecule has 0 aliphatic carbocycles. The van der Waals surface area contributed by atoms with Crippen LogP contribution in [0.3, 0.4) is 0 Å². The summed E-state index contributed by atoms with van der Waals surface area (Å²) in [6, 6.07) is 0. The molecular formula is C31H61NO7P2. The topological polar surface area (TPSA) is 77.0 Å². The van der Waals surface area contributed by atoms with Gasteiger partial charge in [0.25, 0.3) is 0 Å². The van der Waals surface area contributed by atoms with Crippen LogP contribution in [-0.4, -0.2) is 87.2 Å². The largest absolute Gasteiger partial charge is 0.372 e. The van der Waals surface area contributed by atoms with E-state index in [0.29, 0.717) is 6.54 Å². The second-order valence-corrected chi connectivity index (χ2v) is 19.5. The van der Waals surface area contributed by atoms with Gasteiger partial charge in [0.15, 0.2) is 0 Å². The molecule has 0 N–H and O–H groups in total. The minimum Gasteiger partial charge on any atom is -0.372 e. The van der Waals surface area contributed by atoms with Crippen molar-refractivity contribution in [1.29, 1.82) is 0 Å². The zero-order chi connectivity index (χ0) is 31.9. The summed E-state index contributed by atoms with van der Waals surface area (Å²) in [4.78, 5) is 0. The summed E-state index contributed by atoms with van der Waals surface area (Å²) >= 11 is 0. The van der Waals surface area contributed by atoms with E-state index in [0.717, 1.165) is 12.8 Å². The molecule has 10 heteroatoms. The van der Waals surface area contributed by atoms with Gasteiger partial charge in [-0.3, -0.25) is 4.74 Å². The molecule has 3 aliphatic rings. The Hall–Kier alpha value is 0.250. The van der Waals surface area contributed by atoms with Crippen LogP contribution in [0, 0.1) is 17.3 Å². The summed E-state index contributed by atoms with van der Waals surface area (Å²) in [6.45, 7) is 28.2. The van der Waals surface area contributed by atoms with Crippen molar-refractivity contribution in [2.45, 2.75) is 143 Å². The van der Waals surface area contributed by atoms with Crippen molar-refractivity contribution in [2.75, 3.05) is 33.1 Å². The van der Waals surface area contributed by atoms with E-state index in [1.807, 2.05) is 41.0 Å². The van der Waals surface area contributed by atoms with Crippen LogP contribution in [0.4, 0.5) is 0 Å². The lowest BCUT2D eigenvalue weighted by molar-refractivity contribution is -0.0875. The fourth-order valence-corrected chi connectivity index (χ4v) is 9.71. The first-order valence-electron chi connectivity index (χ1n) is 16.1. The van der Waals surface area contributed by atoms with E-state index in [-0.39, 0.29) is 73.5 Å². The van der Waals surface area contributed by atoms with E-state index in [1.165, 1.54) is 0 Å². The molecule has 0 spiro atoms. The van der Waals surface area contributed by atoms with Gasteiger partial charge in [-0.15, -0.1) is 0 Å². The van der Waals surface area contributed by atoms with E-state index in [1.54, 1.807) is 0 Å². The van der Waals surface area contributed by atoms with Gasteiger partial charge < -0.3 is 32.3 Å². The minimum atomic E-state index is -2.58. The molecule has 0 saturated carbocycles. The molecule has 8 nitrogen and oxygen atoms in total. The fraction of sp³-hybridized carbons (Fsp3) is 0.968. The quantitative estimate of drug-likeness (QED) is 0.204. The number of hydrogen-bond acceptors (Lipinski definition) is 8. The lowest BCUT2D eigenvalue weighted by Crippen LogP contribution is -2.44. The third-order valence-corrected chi connectivity index (χ3v) is 12.0. The molecule has 13 unspecified atom stereocenters. The maximum Gasteiger partial charge on any atom is 0.209 e. The van der Waals surface area contributed by atoms with Crippen molar-refractivity contribution in [3.63, 3.8) is 0 Å². The van der Waals surface area contributed by atoms with Gasteiger partial charge in [-0.25, -0.2) is 0 Å². The molecule has 0 amide bonds. The molecule has 3 saturated heterocycles. The maximum atomic E-state index is 8.65. The maximum absolute atomic E-state index is 8.65. The van der Waals surface area contributed by atoms with Crippen molar-refractivity contribution in [2.24, 2.45) is 22.0 Å². The van der Waals surface area contributed by atoms with E-state index in [2.05, 4.69) is 54.8 Å². The van der Waals surface area contributed by atoms with Gasteiger partial charge in [-0.1, -0.05) is 40.9 Å². The standard InChI is InChI=1S/C31H61NO7P2/c1-15-32-41(14,38-26-16-22(3)35-27(26)18-29(7,8)9)34-20-31(11)28(23(4)25(6)37-31)39-40(12,13)33-19-30(10)17-21(2)24(5)36-30/h21-28H,12,15-20H2,1-11,13-14H3/i17T. The Balaban J connectivity index is 1.72. The van der Waals surface area contributed by atoms with E-state index in [4.69, 9.17) is 38.4 Å². The average Bonchev–Trinajstić information content (AvgIpc) is 3.36. The van der Waals surface area contributed by atoms with Crippen molar-refractivity contribution in [1.82, 2.24) is 0 Å². The first kappa shape index (κ1) is 34.1. The SMILES string of the molecule is [3H]C1C(C)C(C)OC1(C)COP(=C)(C)OC1C(C)C(C)OC1(C)COP(C)(=NCC)OC1CC(C)OC1CC(C)(C)C. The molecule has 0 radical (unpaired) electrons. The third kappa shape index (κ3) is 9.62. The zero-order valence-corrected chi connectivity index (χ0v) is 29.9. The van der Waals surface area contributed by atoms with Crippen LogP contribution < -0.4 is 0 Å². The molecule has 3 rings (SSSR count). The van der Waals surface area contributed by atoms with E-state index in [9.17, 15) is 0 Å². The molecule has 3 aliphatic heterocycles. The van der Waals surface area contributed by atoms with Gasteiger partial charge >= 0.3 is 0 Å². The molecule has 0 bridgehead atoms. The van der Waals surface area contributed by atoms with Crippen LogP contribution in [0.1, 0.15) is 96.8 Å². The molecular weight excluding hydrogens is 560 g/mol. The average molecular weight is 624 g/mol. The molecule has 3 heterocycles. The number of rotatable bonds is 12. The van der Waals surface area contributed by atoms with Crippen molar-refractivity contribution in [3.05, 3.63) is 0 Å². The van der Waals surface area contributed by atoms with Crippen LogP contribution in [0.15, 0.2) is 4.74 Å². The van der Waals surface area contributed by atoms with E-state index >= 15 is 0 Å². The van der Waals surface area contributed by atoms with E-state index < -0.39 is 26.1 Å². The van der Waals surface area contributed by atoms with Crippen molar-refractivity contribution in [3.8, 4) is 0 Å². The Morgan fingerprint density at radius 1 is 1.00 bits per heavy atom. The van der Waals surface area contributed by atoms with Crippen molar-refractivity contribution < 1.29 is 33.7 Å². The normalized spacial score (nSPS) is 44.9. The molecule has 13 atom stereocenters. The summed E-state index contributed by atoms with van der Waals surface area (Å²) in [5, 5.41) is 0. The van der Waals surface area contributed by atoms with Crippen molar-refractivity contribution >= 4 is 21.1 Å². The number of nitrogens with zero attached hydrogens (tertiary/aromatic N) is 1. The Kier molecular flexibility index (Phi) is 11.1. The monoisotopic (exact) mass is 623 g/mol. The Morgan fingerprint density at radius 3 is 2.22 bits per heavy atom. The highest BCUT2D eigenvalue weighted by molar-refractivity contribution is 7.63. The molecule has 0 aromatic rings. The molecule has 0 aromatic carbocycles. The van der Waals surface area contributed by atoms with Gasteiger partial charge in [0, 0.05) is 33.6 Å². The molecule has 3 fully saturated rings. The van der Waals surface area contributed by atoms with Gasteiger partial charge in [0.05, 0.1) is 49.3 Å². The van der Waals surface area contributed by atoms with Gasteiger partial charge in [-0.05, 0) is 65.7 Å². The van der Waals surface area contributed by atoms with Gasteiger partial charge in [0.2, 0.25) is 7.51 Å². The summed E-state index contributed by atoms with van der Waals surface area (Å²) in [7, 11) is -5.12. The van der Waals surface area contributed by atoms with Gasteiger partial charge in [0.1, 0.15) is 19.0 Å². The van der Waals surface area contributed by atoms with Crippen LogP contribution in [0.2, 0.25) is 0 Å².